The van der Waals surface area contributed by atoms with Crippen LogP contribution in [0.1, 0.15) is 201 Å². The molecule has 45 heavy (non-hydrogen) atoms. The second-order valence-corrected chi connectivity index (χ2v) is 13.2. The van der Waals surface area contributed by atoms with Crippen molar-refractivity contribution in [2.45, 2.75) is 207 Å². The van der Waals surface area contributed by atoms with Crippen LogP contribution >= 0.6 is 0 Å². The maximum absolute atomic E-state index is 10.3. The minimum absolute atomic E-state index is 0.332. The number of carbonyl (C=O) groups is 1. The molecule has 264 valence electrons. The fourth-order valence-corrected chi connectivity index (χ4v) is 5.83. The monoisotopic (exact) mass is 633 g/mol. The summed E-state index contributed by atoms with van der Waals surface area (Å²) in [6.07, 6.45) is 44.0. The Morgan fingerprint density at radius 3 is 1.42 bits per heavy atom. The van der Waals surface area contributed by atoms with Gasteiger partial charge in [-0.25, -0.2) is 0 Å². The predicted octanol–water partition coefficient (Wildman–Crippen LogP) is 12.2. The van der Waals surface area contributed by atoms with Crippen LogP contribution in [0, 0.1) is 0 Å². The maximum Gasteiger partial charge on any atom is 0.303 e. The number of aliphatic hydroxyl groups is 1. The summed E-state index contributed by atoms with van der Waals surface area (Å²) >= 11 is 0. The normalized spacial score (nSPS) is 13.9. The first-order valence-corrected chi connectivity index (χ1v) is 19.5. The van der Waals surface area contributed by atoms with Crippen LogP contribution < -0.4 is 0 Å². The van der Waals surface area contributed by atoms with Gasteiger partial charge >= 0.3 is 5.97 Å². The molecule has 0 spiro atoms. The van der Waals surface area contributed by atoms with Gasteiger partial charge in [0, 0.05) is 19.4 Å². The van der Waals surface area contributed by atoms with Crippen molar-refractivity contribution in [3.8, 4) is 0 Å². The highest BCUT2D eigenvalue weighted by molar-refractivity contribution is 5.83. The zero-order chi connectivity index (χ0) is 33.1. The molecule has 0 bridgehead atoms. The standard InChI is InChI=1S/C22H42N2O.C18H34O2/c1-3-4-5-6-7-8-9-10-11-12-13-14-15-16-17-18-22-23-19-20-24(22)21(2)25;1-2-3-4-5-6-7-8-9-10-11-12-13-14-15-16-17-18(19)20/h10-11,21,25H,3-9,12-20H2,1-2H3;9-10H,2-8,11-17H2,1H3,(H,19,20)/b11-10+;10-9-. The summed E-state index contributed by atoms with van der Waals surface area (Å²) in [6, 6.07) is 0. The molecule has 5 heteroatoms. The Bertz CT molecular complexity index is 716. The van der Waals surface area contributed by atoms with Gasteiger partial charge in [0.25, 0.3) is 0 Å². The SMILES string of the molecule is CCCCCCCC/C=C/CCCCCCCC1=NCCN1C(C)O.CCCCCCCC/C=C\CCCCCCCC(=O)O. The molecule has 1 aliphatic rings. The minimum Gasteiger partial charge on any atom is -0.481 e. The third-order valence-electron chi connectivity index (χ3n) is 8.73. The number of carboxylic acid groups (broad SMARTS) is 1. The Morgan fingerprint density at radius 1 is 0.644 bits per heavy atom. The average Bonchev–Trinajstić information content (AvgIpc) is 3.50. The Balaban J connectivity index is 0.000000884. The Morgan fingerprint density at radius 2 is 1.02 bits per heavy atom. The van der Waals surface area contributed by atoms with Crippen molar-refractivity contribution < 1.29 is 15.0 Å². The molecule has 0 radical (unpaired) electrons. The van der Waals surface area contributed by atoms with Crippen LogP contribution in [0.25, 0.3) is 0 Å². The first-order valence-electron chi connectivity index (χ1n) is 19.5. The second-order valence-electron chi connectivity index (χ2n) is 13.2. The Kier molecular flexibility index (Phi) is 34.0. The molecule has 0 aromatic heterocycles. The smallest absolute Gasteiger partial charge is 0.303 e. The van der Waals surface area contributed by atoms with Crippen molar-refractivity contribution in [3.05, 3.63) is 24.3 Å². The van der Waals surface area contributed by atoms with E-state index in [1.165, 1.54) is 154 Å². The molecule has 1 heterocycles. The Hall–Kier alpha value is -1.62. The van der Waals surface area contributed by atoms with E-state index in [1.807, 2.05) is 11.8 Å². The summed E-state index contributed by atoms with van der Waals surface area (Å²) in [4.78, 5) is 16.9. The first kappa shape index (κ1) is 43.4. The number of unbranched alkanes of at least 4 members (excludes halogenated alkanes) is 22. The van der Waals surface area contributed by atoms with E-state index in [2.05, 4.69) is 43.1 Å². The van der Waals surface area contributed by atoms with Crippen LogP contribution in [0.2, 0.25) is 0 Å². The van der Waals surface area contributed by atoms with Gasteiger partial charge in [-0.15, -0.1) is 0 Å². The number of aliphatic carboxylic acids is 1. The summed E-state index contributed by atoms with van der Waals surface area (Å²) in [7, 11) is 0. The van der Waals surface area contributed by atoms with E-state index in [1.54, 1.807) is 0 Å². The van der Waals surface area contributed by atoms with Crippen LogP contribution in [0.5, 0.6) is 0 Å². The molecular weight excluding hydrogens is 556 g/mol. The lowest BCUT2D eigenvalue weighted by atomic mass is 10.1. The lowest BCUT2D eigenvalue weighted by Gasteiger charge is -2.23. The fourth-order valence-electron chi connectivity index (χ4n) is 5.83. The topological polar surface area (TPSA) is 73.1 Å². The number of hydrogen-bond acceptors (Lipinski definition) is 4. The molecule has 0 fully saturated rings. The third-order valence-corrected chi connectivity index (χ3v) is 8.73. The van der Waals surface area contributed by atoms with E-state index in [-0.39, 0.29) is 6.23 Å². The number of aliphatic hydroxyl groups excluding tert-OH is 1. The number of allylic oxidation sites excluding steroid dienone is 4. The fraction of sp³-hybridized carbons (Fsp3) is 0.850. The molecule has 1 unspecified atom stereocenters. The largest absolute Gasteiger partial charge is 0.481 e. The van der Waals surface area contributed by atoms with Crippen LogP contribution in [0.15, 0.2) is 29.3 Å². The van der Waals surface area contributed by atoms with Crippen molar-refractivity contribution in [2.75, 3.05) is 13.1 Å². The molecule has 0 amide bonds. The van der Waals surface area contributed by atoms with Gasteiger partial charge in [-0.1, -0.05) is 141 Å². The Labute approximate surface area is 280 Å². The van der Waals surface area contributed by atoms with Gasteiger partial charge in [0.1, 0.15) is 12.1 Å². The van der Waals surface area contributed by atoms with Crippen molar-refractivity contribution >= 4 is 11.8 Å². The van der Waals surface area contributed by atoms with Gasteiger partial charge in [0.05, 0.1) is 6.54 Å². The van der Waals surface area contributed by atoms with Crippen molar-refractivity contribution in [3.63, 3.8) is 0 Å². The van der Waals surface area contributed by atoms with Crippen molar-refractivity contribution in [1.82, 2.24) is 4.90 Å². The van der Waals surface area contributed by atoms with E-state index in [9.17, 15) is 9.90 Å². The van der Waals surface area contributed by atoms with Crippen LogP contribution in [-0.2, 0) is 4.79 Å². The highest BCUT2D eigenvalue weighted by Gasteiger charge is 2.19. The molecule has 2 N–H and O–H groups in total. The van der Waals surface area contributed by atoms with E-state index in [0.29, 0.717) is 6.42 Å². The molecule has 0 saturated carbocycles. The van der Waals surface area contributed by atoms with Gasteiger partial charge in [0.2, 0.25) is 0 Å². The molecule has 0 aliphatic carbocycles. The average molecular weight is 633 g/mol. The molecule has 5 nitrogen and oxygen atoms in total. The summed E-state index contributed by atoms with van der Waals surface area (Å²) in [5, 5.41) is 18.2. The van der Waals surface area contributed by atoms with Gasteiger partial charge in [-0.05, 0) is 71.1 Å². The number of carboxylic acids is 1. The van der Waals surface area contributed by atoms with Crippen molar-refractivity contribution in [2.24, 2.45) is 4.99 Å². The summed E-state index contributed by atoms with van der Waals surface area (Å²) in [6.45, 7) is 8.11. The molecule has 1 atom stereocenters. The van der Waals surface area contributed by atoms with E-state index < -0.39 is 5.97 Å². The van der Waals surface area contributed by atoms with Crippen LogP contribution in [0.4, 0.5) is 0 Å². The number of aliphatic imine (C=N–C) groups is 1. The van der Waals surface area contributed by atoms with Crippen LogP contribution in [0.3, 0.4) is 0 Å². The van der Waals surface area contributed by atoms with E-state index in [4.69, 9.17) is 5.11 Å². The minimum atomic E-state index is -0.664. The van der Waals surface area contributed by atoms with E-state index in [0.717, 1.165) is 38.2 Å². The molecule has 0 aromatic rings. The quantitative estimate of drug-likeness (QED) is 0.0589. The highest BCUT2D eigenvalue weighted by Crippen LogP contribution is 2.14. The van der Waals surface area contributed by atoms with Gasteiger partial charge in [-0.2, -0.15) is 0 Å². The van der Waals surface area contributed by atoms with Crippen LogP contribution in [-0.4, -0.2) is 46.2 Å². The number of nitrogens with zero attached hydrogens (tertiary/aromatic N) is 2. The number of rotatable bonds is 31. The number of hydrogen-bond donors (Lipinski definition) is 2. The third kappa shape index (κ3) is 32.1. The summed E-state index contributed by atoms with van der Waals surface area (Å²) in [5.41, 5.74) is 0. The molecular formula is C40H76N2O3. The van der Waals surface area contributed by atoms with Gasteiger partial charge < -0.3 is 15.1 Å². The zero-order valence-electron chi connectivity index (χ0n) is 30.3. The number of amidine groups is 1. The maximum atomic E-state index is 10.3. The first-order chi connectivity index (χ1) is 22.0. The summed E-state index contributed by atoms with van der Waals surface area (Å²) in [5.74, 6) is 0.454. The molecule has 1 aliphatic heterocycles. The second kappa shape index (κ2) is 35.2. The molecule has 0 saturated heterocycles. The molecule has 1 rings (SSSR count). The summed E-state index contributed by atoms with van der Waals surface area (Å²) < 4.78 is 0. The van der Waals surface area contributed by atoms with Crippen molar-refractivity contribution in [1.29, 1.82) is 0 Å². The van der Waals surface area contributed by atoms with E-state index >= 15 is 0 Å². The molecule has 0 aromatic carbocycles. The lowest BCUT2D eigenvalue weighted by molar-refractivity contribution is -0.137. The van der Waals surface area contributed by atoms with Gasteiger partial charge in [0.15, 0.2) is 0 Å². The zero-order valence-corrected chi connectivity index (χ0v) is 30.3. The highest BCUT2D eigenvalue weighted by atomic mass is 16.4. The predicted molar refractivity (Wildman–Crippen MR) is 197 cm³/mol. The lowest BCUT2D eigenvalue weighted by Crippen LogP contribution is -2.35. The van der Waals surface area contributed by atoms with Gasteiger partial charge in [-0.3, -0.25) is 9.79 Å².